The maximum Gasteiger partial charge on any atom is 0.265 e. The molecule has 2 bridgehead atoms. The van der Waals surface area contributed by atoms with Crippen LogP contribution < -0.4 is 0 Å². The maximum atomic E-state index is 11.1. The Morgan fingerprint density at radius 3 is 2.80 bits per heavy atom. The maximum absolute atomic E-state index is 11.1. The van der Waals surface area contributed by atoms with Gasteiger partial charge >= 0.3 is 0 Å². The Hall–Kier alpha value is -0.0900. The molecule has 84 valence electrons. The first kappa shape index (κ1) is 8.99. The van der Waals surface area contributed by atoms with Crippen LogP contribution in [-0.4, -0.2) is 18.7 Å². The highest BCUT2D eigenvalue weighted by molar-refractivity contribution is 7.85. The van der Waals surface area contributed by atoms with Crippen LogP contribution in [0.15, 0.2) is 0 Å². The molecule has 0 aromatic heterocycles. The minimum absolute atomic E-state index is 0.00116. The molecule has 4 aliphatic carbocycles. The quantitative estimate of drug-likeness (QED) is 0.732. The largest absolute Gasteiger partial charge is 0.286 e. The fourth-order valence-corrected chi connectivity index (χ4v) is 6.78. The third-order valence-electron chi connectivity index (χ3n) is 5.85. The van der Waals surface area contributed by atoms with Crippen molar-refractivity contribution in [1.29, 1.82) is 0 Å². The van der Waals surface area contributed by atoms with E-state index < -0.39 is 10.1 Å². The first-order chi connectivity index (χ1) is 6.94. The molecule has 4 fully saturated rings. The number of hydrogen-bond acceptors (Lipinski definition) is 2. The highest BCUT2D eigenvalue weighted by atomic mass is 32.2. The predicted octanol–water partition coefficient (Wildman–Crippen LogP) is 1.70. The molecule has 5 atom stereocenters. The van der Waals surface area contributed by atoms with Crippen LogP contribution >= 0.6 is 0 Å². The van der Waals surface area contributed by atoms with Gasteiger partial charge in [-0.25, -0.2) is 0 Å². The molecule has 4 rings (SSSR count). The van der Waals surface area contributed by atoms with Gasteiger partial charge < -0.3 is 0 Å². The van der Waals surface area contributed by atoms with Gasteiger partial charge in [0.05, 0.1) is 5.75 Å². The van der Waals surface area contributed by atoms with Gasteiger partial charge in [0.15, 0.2) is 0 Å². The lowest BCUT2D eigenvalue weighted by Gasteiger charge is -2.46. The Morgan fingerprint density at radius 1 is 1.27 bits per heavy atom. The summed E-state index contributed by atoms with van der Waals surface area (Å²) in [4.78, 5) is 0. The first-order valence-corrected chi connectivity index (χ1v) is 7.50. The zero-order chi connectivity index (χ0) is 10.5. The second-order valence-electron chi connectivity index (χ2n) is 6.45. The number of rotatable bonds is 2. The van der Waals surface area contributed by atoms with Gasteiger partial charge in [0, 0.05) is 0 Å². The monoisotopic (exact) mass is 228 g/mol. The molecule has 0 radical (unpaired) electrons. The van der Waals surface area contributed by atoms with Gasteiger partial charge in [-0.3, -0.25) is 4.55 Å². The molecule has 1 spiro atoms. The molecule has 0 aromatic rings. The molecule has 0 aromatic carbocycles. The molecule has 4 saturated carbocycles. The van der Waals surface area contributed by atoms with E-state index in [2.05, 4.69) is 0 Å². The summed E-state index contributed by atoms with van der Waals surface area (Å²) in [6, 6.07) is 0. The SMILES string of the molecule is O=S(=O)(O)CC12CC3CC4CC1(C2)C4C3. The number of fused-ring (bicyclic) bond motifs is 1. The molecule has 0 amide bonds. The Morgan fingerprint density at radius 2 is 2.07 bits per heavy atom. The van der Waals surface area contributed by atoms with Crippen molar-refractivity contribution in [3.05, 3.63) is 0 Å². The summed E-state index contributed by atoms with van der Waals surface area (Å²) in [5.74, 6) is 2.53. The summed E-state index contributed by atoms with van der Waals surface area (Å²) in [6.07, 6.45) is 6.08. The molecular weight excluding hydrogens is 212 g/mol. The third kappa shape index (κ3) is 0.897. The van der Waals surface area contributed by atoms with E-state index in [9.17, 15) is 8.42 Å². The second-order valence-corrected chi connectivity index (χ2v) is 7.90. The van der Waals surface area contributed by atoms with Crippen LogP contribution in [0.3, 0.4) is 0 Å². The van der Waals surface area contributed by atoms with Gasteiger partial charge in [0.25, 0.3) is 10.1 Å². The van der Waals surface area contributed by atoms with E-state index in [-0.39, 0.29) is 11.2 Å². The first-order valence-electron chi connectivity index (χ1n) is 5.89. The van der Waals surface area contributed by atoms with E-state index in [0.29, 0.717) is 5.41 Å². The minimum atomic E-state index is -3.77. The lowest BCUT2D eigenvalue weighted by atomic mass is 9.59. The van der Waals surface area contributed by atoms with Crippen molar-refractivity contribution >= 4 is 10.1 Å². The predicted molar refractivity (Wildman–Crippen MR) is 54.8 cm³/mol. The zero-order valence-electron chi connectivity index (χ0n) is 8.65. The van der Waals surface area contributed by atoms with E-state index in [1.807, 2.05) is 0 Å². The summed E-state index contributed by atoms with van der Waals surface area (Å²) in [5.41, 5.74) is 0.363. The van der Waals surface area contributed by atoms with Crippen molar-refractivity contribution in [2.24, 2.45) is 28.6 Å². The van der Waals surface area contributed by atoms with Crippen LogP contribution in [-0.2, 0) is 10.1 Å². The molecule has 15 heavy (non-hydrogen) atoms. The topological polar surface area (TPSA) is 54.4 Å². The zero-order valence-corrected chi connectivity index (χ0v) is 9.46. The standard InChI is InChI=1S/C11H16O3S/c12-15(13,14)6-10-3-7-1-8-4-11(10,5-10)9(8)2-7/h7-9H,1-6H2,(H,12,13,14). The van der Waals surface area contributed by atoms with Crippen LogP contribution in [0.5, 0.6) is 0 Å². The lowest BCUT2D eigenvalue weighted by molar-refractivity contribution is 0.0286. The molecule has 0 saturated heterocycles. The van der Waals surface area contributed by atoms with E-state index in [0.717, 1.165) is 30.6 Å². The third-order valence-corrected chi connectivity index (χ3v) is 6.77. The van der Waals surface area contributed by atoms with Crippen molar-refractivity contribution < 1.29 is 13.0 Å². The van der Waals surface area contributed by atoms with Crippen molar-refractivity contribution in [3.63, 3.8) is 0 Å². The Labute approximate surface area is 90.0 Å². The van der Waals surface area contributed by atoms with Crippen molar-refractivity contribution in [2.75, 3.05) is 5.75 Å². The summed E-state index contributed by atoms with van der Waals surface area (Å²) in [5, 5.41) is 0. The summed E-state index contributed by atoms with van der Waals surface area (Å²) < 4.78 is 31.2. The van der Waals surface area contributed by atoms with Crippen LogP contribution in [0.2, 0.25) is 0 Å². The highest BCUT2D eigenvalue weighted by Gasteiger charge is 2.81. The fourth-order valence-electron chi connectivity index (χ4n) is 5.57. The van der Waals surface area contributed by atoms with Crippen LogP contribution in [0.1, 0.15) is 32.1 Å². The van der Waals surface area contributed by atoms with E-state index in [1.54, 1.807) is 0 Å². The van der Waals surface area contributed by atoms with Gasteiger partial charge in [0.1, 0.15) is 0 Å². The summed E-state index contributed by atoms with van der Waals surface area (Å²) in [6.45, 7) is 0. The van der Waals surface area contributed by atoms with E-state index in [4.69, 9.17) is 4.55 Å². The average molecular weight is 228 g/mol. The highest BCUT2D eigenvalue weighted by Crippen LogP contribution is 2.87. The Balaban J connectivity index is 1.71. The summed E-state index contributed by atoms with van der Waals surface area (Å²) >= 11 is 0. The van der Waals surface area contributed by atoms with E-state index in [1.165, 1.54) is 19.3 Å². The van der Waals surface area contributed by atoms with Crippen molar-refractivity contribution in [2.45, 2.75) is 32.1 Å². The van der Waals surface area contributed by atoms with Crippen LogP contribution in [0.4, 0.5) is 0 Å². The van der Waals surface area contributed by atoms with Crippen LogP contribution in [0, 0.1) is 28.6 Å². The average Bonchev–Trinajstić information content (AvgIpc) is 2.59. The normalized spacial score (nSPS) is 59.7. The van der Waals surface area contributed by atoms with Gasteiger partial charge in [-0.2, -0.15) is 8.42 Å². The van der Waals surface area contributed by atoms with Crippen molar-refractivity contribution in [1.82, 2.24) is 0 Å². The molecule has 3 nitrogen and oxygen atoms in total. The Bertz CT molecular complexity index is 443. The van der Waals surface area contributed by atoms with Gasteiger partial charge in [-0.05, 0) is 60.7 Å². The van der Waals surface area contributed by atoms with Gasteiger partial charge in [0.2, 0.25) is 0 Å². The fraction of sp³-hybridized carbons (Fsp3) is 1.00. The second kappa shape index (κ2) is 2.14. The molecule has 1 N–H and O–H groups in total. The molecule has 0 aliphatic heterocycles. The van der Waals surface area contributed by atoms with Gasteiger partial charge in [-0.15, -0.1) is 0 Å². The summed E-state index contributed by atoms with van der Waals surface area (Å²) in [7, 11) is -3.77. The Kier molecular flexibility index (Phi) is 1.28. The molecule has 0 heterocycles. The molecular formula is C11H16O3S. The van der Waals surface area contributed by atoms with Gasteiger partial charge in [-0.1, -0.05) is 0 Å². The number of hydrogen-bond donors (Lipinski definition) is 1. The molecule has 5 unspecified atom stereocenters. The minimum Gasteiger partial charge on any atom is -0.286 e. The molecule has 4 heteroatoms. The smallest absolute Gasteiger partial charge is 0.265 e. The van der Waals surface area contributed by atoms with Crippen LogP contribution in [0.25, 0.3) is 0 Å². The lowest BCUT2D eigenvalue weighted by Crippen LogP contribution is -2.42. The van der Waals surface area contributed by atoms with Crippen molar-refractivity contribution in [3.8, 4) is 0 Å². The molecule has 4 aliphatic rings. The van der Waals surface area contributed by atoms with E-state index >= 15 is 0 Å².